The molecule has 122 valence electrons. The summed E-state index contributed by atoms with van der Waals surface area (Å²) in [6.07, 6.45) is 0.278. The molecule has 1 fully saturated rings. The summed E-state index contributed by atoms with van der Waals surface area (Å²) in [7, 11) is 0. The summed E-state index contributed by atoms with van der Waals surface area (Å²) in [4.78, 5) is 36.9. The highest BCUT2D eigenvalue weighted by atomic mass is 16.7. The first-order valence-electron chi connectivity index (χ1n) is 7.19. The number of ether oxygens (including phenoxy) is 2. The molecule has 2 unspecified atom stereocenters. The maximum Gasteiger partial charge on any atom is 0.326 e. The van der Waals surface area contributed by atoms with Gasteiger partial charge in [-0.1, -0.05) is 13.0 Å². The minimum atomic E-state index is -1.30. The highest BCUT2D eigenvalue weighted by Gasteiger charge is 2.54. The summed E-state index contributed by atoms with van der Waals surface area (Å²) in [6, 6.07) is 3.01. The zero-order valence-electron chi connectivity index (χ0n) is 12.7. The second kappa shape index (κ2) is 5.15. The molecule has 0 aromatic heterocycles. The molecule has 23 heavy (non-hydrogen) atoms. The van der Waals surface area contributed by atoms with Crippen molar-refractivity contribution in [2.75, 3.05) is 6.79 Å². The number of fused-ring (bicyclic) bond motifs is 1. The van der Waals surface area contributed by atoms with Crippen LogP contribution in [-0.4, -0.2) is 40.7 Å². The van der Waals surface area contributed by atoms with Crippen LogP contribution in [0.3, 0.4) is 0 Å². The molecular formula is C15H16N2O6. The summed E-state index contributed by atoms with van der Waals surface area (Å²) in [6.45, 7) is 3.14. The zero-order chi connectivity index (χ0) is 16.8. The third kappa shape index (κ3) is 2.09. The van der Waals surface area contributed by atoms with Crippen LogP contribution >= 0.6 is 0 Å². The molecule has 0 spiro atoms. The molecule has 8 nitrogen and oxygen atoms in total. The lowest BCUT2D eigenvalue weighted by Crippen LogP contribution is -2.46. The van der Waals surface area contributed by atoms with E-state index in [0.717, 1.165) is 4.90 Å². The van der Waals surface area contributed by atoms with Gasteiger partial charge in [-0.15, -0.1) is 0 Å². The lowest BCUT2D eigenvalue weighted by molar-refractivity contribution is -0.147. The molecule has 0 aliphatic carbocycles. The molecule has 0 bridgehead atoms. The monoisotopic (exact) mass is 320 g/mol. The number of nitrogens with one attached hydrogen (secondary N) is 1. The molecule has 1 saturated heterocycles. The van der Waals surface area contributed by atoms with Gasteiger partial charge < -0.3 is 19.9 Å². The van der Waals surface area contributed by atoms with E-state index in [1.807, 2.05) is 0 Å². The van der Waals surface area contributed by atoms with Crippen molar-refractivity contribution in [1.82, 2.24) is 10.2 Å². The number of hydrogen-bond acceptors (Lipinski definition) is 5. The summed E-state index contributed by atoms with van der Waals surface area (Å²) in [5.41, 5.74) is -0.774. The van der Waals surface area contributed by atoms with Crippen molar-refractivity contribution in [3.8, 4) is 11.5 Å². The molecule has 1 aromatic rings. The Morgan fingerprint density at radius 3 is 2.74 bits per heavy atom. The standard InChI is InChI=1S/C15H16N2O6/c1-3-15(9-4-5-10-11(6-9)23-7-22-10)13(20)17(14(21)16-15)8(2)12(18)19/h4-6,8H,3,7H2,1-2H3,(H,16,21)(H,18,19). The van der Waals surface area contributed by atoms with Crippen LogP contribution in [0.2, 0.25) is 0 Å². The molecule has 2 heterocycles. The van der Waals surface area contributed by atoms with Crippen molar-refractivity contribution < 1.29 is 29.0 Å². The number of urea groups is 1. The van der Waals surface area contributed by atoms with Crippen LogP contribution in [-0.2, 0) is 15.1 Å². The number of carbonyl (C=O) groups excluding carboxylic acids is 2. The molecule has 2 atom stereocenters. The van der Waals surface area contributed by atoms with Gasteiger partial charge in [0.05, 0.1) is 0 Å². The average Bonchev–Trinajstić information content (AvgIpc) is 3.08. The van der Waals surface area contributed by atoms with Crippen LogP contribution in [0.25, 0.3) is 0 Å². The van der Waals surface area contributed by atoms with Crippen LogP contribution in [0.15, 0.2) is 18.2 Å². The van der Waals surface area contributed by atoms with E-state index in [2.05, 4.69) is 5.32 Å². The van der Waals surface area contributed by atoms with E-state index >= 15 is 0 Å². The third-order valence-corrected chi connectivity index (χ3v) is 4.26. The molecule has 2 aliphatic rings. The molecule has 3 amide bonds. The molecule has 3 rings (SSSR count). The molecule has 2 N–H and O–H groups in total. The number of hydrogen-bond donors (Lipinski definition) is 2. The Kier molecular flexibility index (Phi) is 3.39. The van der Waals surface area contributed by atoms with Crippen LogP contribution in [0.5, 0.6) is 11.5 Å². The number of amides is 3. The van der Waals surface area contributed by atoms with Crippen LogP contribution in [0.1, 0.15) is 25.8 Å². The van der Waals surface area contributed by atoms with Crippen molar-refractivity contribution in [3.05, 3.63) is 23.8 Å². The Labute approximate surface area is 132 Å². The first-order chi connectivity index (χ1) is 10.9. The minimum Gasteiger partial charge on any atom is -0.480 e. The van der Waals surface area contributed by atoms with Crippen molar-refractivity contribution in [1.29, 1.82) is 0 Å². The minimum absolute atomic E-state index is 0.0976. The van der Waals surface area contributed by atoms with Gasteiger partial charge in [-0.2, -0.15) is 0 Å². The van der Waals surface area contributed by atoms with Gasteiger partial charge in [0.15, 0.2) is 11.5 Å². The number of nitrogens with zero attached hydrogens (tertiary/aromatic N) is 1. The highest BCUT2D eigenvalue weighted by Crippen LogP contribution is 2.39. The second-order valence-electron chi connectivity index (χ2n) is 5.45. The first kappa shape index (κ1) is 15.1. The Morgan fingerprint density at radius 2 is 2.09 bits per heavy atom. The lowest BCUT2D eigenvalue weighted by Gasteiger charge is -2.26. The molecule has 2 aliphatic heterocycles. The highest BCUT2D eigenvalue weighted by molar-refractivity contribution is 6.09. The van der Waals surface area contributed by atoms with E-state index in [1.165, 1.54) is 6.92 Å². The van der Waals surface area contributed by atoms with Crippen molar-refractivity contribution in [3.63, 3.8) is 0 Å². The molecule has 1 aromatic carbocycles. The smallest absolute Gasteiger partial charge is 0.326 e. The largest absolute Gasteiger partial charge is 0.480 e. The molecule has 8 heteroatoms. The van der Waals surface area contributed by atoms with E-state index in [-0.39, 0.29) is 13.2 Å². The quantitative estimate of drug-likeness (QED) is 0.803. The topological polar surface area (TPSA) is 105 Å². The van der Waals surface area contributed by atoms with E-state index in [1.54, 1.807) is 25.1 Å². The molecular weight excluding hydrogens is 304 g/mol. The summed E-state index contributed by atoms with van der Waals surface area (Å²) in [5.74, 6) is -0.778. The van der Waals surface area contributed by atoms with Gasteiger partial charge in [0.2, 0.25) is 6.79 Å². The number of carboxylic acids is 1. The van der Waals surface area contributed by atoms with Gasteiger partial charge in [-0.05, 0) is 31.0 Å². The zero-order valence-corrected chi connectivity index (χ0v) is 12.7. The van der Waals surface area contributed by atoms with Crippen LogP contribution in [0.4, 0.5) is 4.79 Å². The number of carbonyl (C=O) groups is 3. The Balaban J connectivity index is 2.03. The van der Waals surface area contributed by atoms with E-state index in [9.17, 15) is 14.4 Å². The Bertz CT molecular complexity index is 703. The van der Waals surface area contributed by atoms with E-state index in [4.69, 9.17) is 14.6 Å². The third-order valence-electron chi connectivity index (χ3n) is 4.26. The normalized spacial score (nSPS) is 23.8. The summed E-state index contributed by atoms with van der Waals surface area (Å²) in [5, 5.41) is 11.7. The van der Waals surface area contributed by atoms with Gasteiger partial charge in [-0.3, -0.25) is 4.79 Å². The lowest BCUT2D eigenvalue weighted by atomic mass is 9.86. The summed E-state index contributed by atoms with van der Waals surface area (Å²) >= 11 is 0. The summed E-state index contributed by atoms with van der Waals surface area (Å²) < 4.78 is 10.5. The SMILES string of the molecule is CCC1(c2ccc3c(c2)OCO3)NC(=O)N(C(C)C(=O)O)C1=O. The van der Waals surface area contributed by atoms with Gasteiger partial charge in [0.1, 0.15) is 11.6 Å². The fourth-order valence-electron chi connectivity index (χ4n) is 2.86. The number of carboxylic acid groups (broad SMARTS) is 1. The van der Waals surface area contributed by atoms with Gasteiger partial charge in [-0.25, -0.2) is 14.5 Å². The van der Waals surface area contributed by atoms with Crippen LogP contribution < -0.4 is 14.8 Å². The van der Waals surface area contributed by atoms with Gasteiger partial charge in [0.25, 0.3) is 5.91 Å². The maximum atomic E-state index is 12.8. The predicted octanol–water partition coefficient (Wildman–Crippen LogP) is 1.05. The van der Waals surface area contributed by atoms with Crippen molar-refractivity contribution in [2.24, 2.45) is 0 Å². The van der Waals surface area contributed by atoms with Gasteiger partial charge >= 0.3 is 12.0 Å². The average molecular weight is 320 g/mol. The molecule has 0 saturated carbocycles. The predicted molar refractivity (Wildman–Crippen MR) is 77.0 cm³/mol. The van der Waals surface area contributed by atoms with Gasteiger partial charge in [0, 0.05) is 0 Å². The fourth-order valence-corrected chi connectivity index (χ4v) is 2.86. The number of rotatable bonds is 4. The van der Waals surface area contributed by atoms with Crippen molar-refractivity contribution in [2.45, 2.75) is 31.8 Å². The number of imide groups is 1. The van der Waals surface area contributed by atoms with Crippen molar-refractivity contribution >= 4 is 17.9 Å². The number of aliphatic carboxylic acids is 1. The first-order valence-corrected chi connectivity index (χ1v) is 7.19. The number of benzene rings is 1. The second-order valence-corrected chi connectivity index (χ2v) is 5.45. The van der Waals surface area contributed by atoms with Crippen LogP contribution in [0, 0.1) is 0 Å². The Hall–Kier alpha value is -2.77. The Morgan fingerprint density at radius 1 is 1.39 bits per heavy atom. The van der Waals surface area contributed by atoms with E-state index in [0.29, 0.717) is 17.1 Å². The van der Waals surface area contributed by atoms with E-state index < -0.39 is 29.5 Å². The maximum absolute atomic E-state index is 12.8. The molecule has 0 radical (unpaired) electrons. The fraction of sp³-hybridized carbons (Fsp3) is 0.400.